The molecule has 0 radical (unpaired) electrons. The standard InChI is InChI=1S/C58H45N/c1-37-27-31-42(32-28-37)57(41-17-6-3-7-18-41)51-25-13-10-21-48(51)55-43(22-14-26-52(55)57)39-29-33-46-47-34-30-40(56(59)38-15-4-2-5-16-38)36-54(47)58(53(46)35-39)49-23-11-8-19-44(49)45-20-9-12-24-50(45)58/h2-6,8-17,19-27,29-37,56H,7,18,28,59H2,1H3. The minimum atomic E-state index is -0.493. The highest BCUT2D eigenvalue weighted by molar-refractivity contribution is 5.99. The van der Waals surface area contributed by atoms with Gasteiger partial charge in [-0.3, -0.25) is 0 Å². The normalized spacial score (nSPS) is 20.2. The Morgan fingerprint density at radius 2 is 1.15 bits per heavy atom. The predicted octanol–water partition coefficient (Wildman–Crippen LogP) is 13.8. The Morgan fingerprint density at radius 3 is 1.85 bits per heavy atom. The Balaban J connectivity index is 1.12. The van der Waals surface area contributed by atoms with Gasteiger partial charge in [0.15, 0.2) is 0 Å². The van der Waals surface area contributed by atoms with Crippen LogP contribution >= 0.6 is 0 Å². The van der Waals surface area contributed by atoms with E-state index in [0.29, 0.717) is 5.92 Å². The molecule has 0 aliphatic heterocycles. The molecular weight excluding hydrogens is 711 g/mol. The van der Waals surface area contributed by atoms with E-state index >= 15 is 0 Å². The summed E-state index contributed by atoms with van der Waals surface area (Å²) >= 11 is 0. The number of hydrogen-bond acceptors (Lipinski definition) is 1. The van der Waals surface area contributed by atoms with Crippen molar-refractivity contribution in [2.45, 2.75) is 43.1 Å². The van der Waals surface area contributed by atoms with E-state index < -0.39 is 5.41 Å². The quantitative estimate of drug-likeness (QED) is 0.186. The average Bonchev–Trinajstić information content (AvgIpc) is 3.89. The van der Waals surface area contributed by atoms with Gasteiger partial charge in [-0.05, 0) is 126 Å². The van der Waals surface area contributed by atoms with Gasteiger partial charge in [-0.15, -0.1) is 0 Å². The molecule has 7 aromatic rings. The molecule has 0 amide bonds. The Hall–Kier alpha value is -6.54. The molecule has 7 aromatic carbocycles. The molecule has 1 heteroatoms. The zero-order chi connectivity index (χ0) is 39.3. The number of nitrogens with two attached hydrogens (primary N) is 1. The Kier molecular flexibility index (Phi) is 7.59. The van der Waals surface area contributed by atoms with Crippen LogP contribution in [0.3, 0.4) is 0 Å². The molecule has 0 aromatic heterocycles. The second-order valence-corrected chi connectivity index (χ2v) is 17.2. The number of fused-ring (bicyclic) bond motifs is 13. The van der Waals surface area contributed by atoms with E-state index in [9.17, 15) is 0 Å². The lowest BCUT2D eigenvalue weighted by Gasteiger charge is -2.38. The fourth-order valence-electron chi connectivity index (χ4n) is 11.7. The monoisotopic (exact) mass is 755 g/mol. The van der Waals surface area contributed by atoms with Gasteiger partial charge in [-0.2, -0.15) is 0 Å². The maximum Gasteiger partial charge on any atom is 0.0725 e. The van der Waals surface area contributed by atoms with Crippen molar-refractivity contribution in [3.63, 3.8) is 0 Å². The van der Waals surface area contributed by atoms with Crippen LogP contribution in [0.2, 0.25) is 0 Å². The Morgan fingerprint density at radius 1 is 0.542 bits per heavy atom. The van der Waals surface area contributed by atoms with Crippen molar-refractivity contribution < 1.29 is 0 Å². The van der Waals surface area contributed by atoms with Crippen molar-refractivity contribution in [3.8, 4) is 44.5 Å². The topological polar surface area (TPSA) is 26.0 Å². The van der Waals surface area contributed by atoms with E-state index in [1.165, 1.54) is 89.0 Å². The van der Waals surface area contributed by atoms with Crippen LogP contribution in [0.15, 0.2) is 205 Å². The van der Waals surface area contributed by atoms with Crippen LogP contribution in [0, 0.1) is 5.92 Å². The summed E-state index contributed by atoms with van der Waals surface area (Å²) in [6.07, 6.45) is 17.6. The van der Waals surface area contributed by atoms with Crippen molar-refractivity contribution in [2.75, 3.05) is 0 Å². The zero-order valence-electron chi connectivity index (χ0n) is 33.3. The van der Waals surface area contributed by atoms with Gasteiger partial charge in [0.25, 0.3) is 0 Å². The highest BCUT2D eigenvalue weighted by atomic mass is 14.6. The summed E-state index contributed by atoms with van der Waals surface area (Å²) in [5.74, 6) is 0.539. The number of hydrogen-bond donors (Lipinski definition) is 1. The first-order valence-corrected chi connectivity index (χ1v) is 21.4. The molecule has 0 saturated carbocycles. The minimum absolute atomic E-state index is 0.232. The average molecular weight is 756 g/mol. The minimum Gasteiger partial charge on any atom is -0.320 e. The fourth-order valence-corrected chi connectivity index (χ4v) is 11.7. The molecule has 0 bridgehead atoms. The smallest absolute Gasteiger partial charge is 0.0725 e. The van der Waals surface area contributed by atoms with Crippen LogP contribution in [0.5, 0.6) is 0 Å². The SMILES string of the molecule is CC1C=CC(C2(C3=CC=CCC3)c3ccccc3-c3c(-c4ccc5c(c4)C4(c6ccccc6-c6ccccc64)c4cc(C(N)c6ccccc6)ccc4-5)cccc32)=CC1. The molecular formula is C58H45N. The Bertz CT molecular complexity index is 2960. The third-order valence-corrected chi connectivity index (χ3v) is 14.3. The van der Waals surface area contributed by atoms with Gasteiger partial charge < -0.3 is 5.73 Å². The highest BCUT2D eigenvalue weighted by Gasteiger charge is 2.53. The first-order valence-electron chi connectivity index (χ1n) is 21.4. The molecule has 0 fully saturated rings. The van der Waals surface area contributed by atoms with E-state index in [-0.39, 0.29) is 11.5 Å². The largest absolute Gasteiger partial charge is 0.320 e. The summed E-state index contributed by atoms with van der Waals surface area (Å²) in [5, 5.41) is 0. The predicted molar refractivity (Wildman–Crippen MR) is 244 cm³/mol. The molecule has 3 unspecified atom stereocenters. The van der Waals surface area contributed by atoms with Crippen LogP contribution in [0.4, 0.5) is 0 Å². The lowest BCUT2D eigenvalue weighted by Crippen LogP contribution is -2.31. The van der Waals surface area contributed by atoms with Crippen molar-refractivity contribution in [3.05, 3.63) is 250 Å². The molecule has 1 nitrogen and oxygen atoms in total. The van der Waals surface area contributed by atoms with Gasteiger partial charge >= 0.3 is 0 Å². The van der Waals surface area contributed by atoms with Gasteiger partial charge in [0, 0.05) is 0 Å². The van der Waals surface area contributed by atoms with Gasteiger partial charge in [-0.25, -0.2) is 0 Å². The maximum atomic E-state index is 7.10. The van der Waals surface area contributed by atoms with Crippen LogP contribution < -0.4 is 5.73 Å². The lowest BCUT2D eigenvalue weighted by atomic mass is 9.63. The van der Waals surface area contributed by atoms with Gasteiger partial charge in [0.05, 0.1) is 16.9 Å². The lowest BCUT2D eigenvalue weighted by molar-refractivity contribution is 0.658. The van der Waals surface area contributed by atoms with E-state index in [1.807, 2.05) is 0 Å². The number of benzene rings is 7. The Labute approximate surface area is 347 Å². The van der Waals surface area contributed by atoms with Gasteiger partial charge in [0.1, 0.15) is 0 Å². The van der Waals surface area contributed by atoms with E-state index in [4.69, 9.17) is 5.73 Å². The molecule has 0 saturated heterocycles. The van der Waals surface area contributed by atoms with E-state index in [0.717, 1.165) is 30.4 Å². The van der Waals surface area contributed by atoms with Crippen molar-refractivity contribution in [2.24, 2.45) is 11.7 Å². The van der Waals surface area contributed by atoms with Crippen LogP contribution in [0.25, 0.3) is 44.5 Å². The number of allylic oxidation sites excluding steroid dienone is 8. The van der Waals surface area contributed by atoms with Crippen molar-refractivity contribution in [1.82, 2.24) is 0 Å². The number of rotatable bonds is 5. The van der Waals surface area contributed by atoms with E-state index in [1.54, 1.807) is 0 Å². The first-order chi connectivity index (χ1) is 29.1. The second kappa shape index (κ2) is 13.0. The molecule has 59 heavy (non-hydrogen) atoms. The summed E-state index contributed by atoms with van der Waals surface area (Å²) < 4.78 is 0. The van der Waals surface area contributed by atoms with Crippen molar-refractivity contribution in [1.29, 1.82) is 0 Å². The summed E-state index contributed by atoms with van der Waals surface area (Å²) in [4.78, 5) is 0. The zero-order valence-corrected chi connectivity index (χ0v) is 33.3. The molecule has 282 valence electrons. The third-order valence-electron chi connectivity index (χ3n) is 14.3. The van der Waals surface area contributed by atoms with Crippen LogP contribution in [0.1, 0.15) is 76.7 Å². The molecule has 5 aliphatic carbocycles. The summed E-state index contributed by atoms with van der Waals surface area (Å²) in [5.41, 5.74) is 30.0. The summed E-state index contributed by atoms with van der Waals surface area (Å²) in [6.45, 7) is 2.33. The molecule has 2 N–H and O–H groups in total. The summed E-state index contributed by atoms with van der Waals surface area (Å²) in [7, 11) is 0. The van der Waals surface area contributed by atoms with Crippen LogP contribution in [-0.4, -0.2) is 0 Å². The molecule has 12 rings (SSSR count). The van der Waals surface area contributed by atoms with Crippen molar-refractivity contribution >= 4 is 0 Å². The van der Waals surface area contributed by atoms with Crippen LogP contribution in [-0.2, 0) is 10.8 Å². The first kappa shape index (κ1) is 34.5. The third kappa shape index (κ3) is 4.65. The van der Waals surface area contributed by atoms with Gasteiger partial charge in [-0.1, -0.05) is 201 Å². The highest BCUT2D eigenvalue weighted by Crippen LogP contribution is 2.65. The summed E-state index contributed by atoms with van der Waals surface area (Å²) in [6, 6.07) is 59.2. The maximum absolute atomic E-state index is 7.10. The molecule has 1 spiro atoms. The molecule has 5 aliphatic rings. The van der Waals surface area contributed by atoms with E-state index in [2.05, 4.69) is 201 Å². The van der Waals surface area contributed by atoms with Gasteiger partial charge in [0.2, 0.25) is 0 Å². The molecule has 0 heterocycles. The molecule has 3 atom stereocenters. The second-order valence-electron chi connectivity index (χ2n) is 17.2. The fraction of sp³-hybridized carbons (Fsp3) is 0.138.